The number of nitrogens with zero attached hydrogens (tertiary/aromatic N) is 6. The van der Waals surface area contributed by atoms with Crippen molar-refractivity contribution in [1.29, 1.82) is 0 Å². The van der Waals surface area contributed by atoms with E-state index in [2.05, 4.69) is 38.9 Å². The molecule has 4 heterocycles. The molecule has 0 N–H and O–H groups in total. The molecule has 0 atom stereocenters. The fraction of sp³-hybridized carbons (Fsp3) is 0.214. The number of aryl methyl sites for hydroxylation is 3. The molecular weight excluding hydrogens is 284 g/mol. The van der Waals surface area contributed by atoms with E-state index in [1.807, 2.05) is 6.92 Å². The van der Waals surface area contributed by atoms with Gasteiger partial charge in [0.1, 0.15) is 16.3 Å². The van der Waals surface area contributed by atoms with Crippen molar-refractivity contribution >= 4 is 27.2 Å². The topological polar surface area (TPSA) is 68.9 Å². The van der Waals surface area contributed by atoms with Gasteiger partial charge in [0.05, 0.1) is 11.6 Å². The van der Waals surface area contributed by atoms with Crippen LogP contribution in [0.2, 0.25) is 0 Å². The van der Waals surface area contributed by atoms with E-state index in [9.17, 15) is 0 Å². The molecule has 0 radical (unpaired) electrons. The zero-order chi connectivity index (χ0) is 14.6. The maximum absolute atomic E-state index is 4.66. The van der Waals surface area contributed by atoms with Crippen molar-refractivity contribution in [3.05, 3.63) is 34.9 Å². The van der Waals surface area contributed by atoms with E-state index in [1.165, 1.54) is 10.4 Å². The second-order valence-electron chi connectivity index (χ2n) is 4.88. The molecule has 4 aromatic rings. The van der Waals surface area contributed by atoms with E-state index in [-0.39, 0.29) is 0 Å². The lowest BCUT2D eigenvalue weighted by atomic mass is 10.2. The number of aromatic nitrogens is 6. The lowest BCUT2D eigenvalue weighted by Crippen LogP contribution is -1.97. The van der Waals surface area contributed by atoms with Gasteiger partial charge in [-0.05, 0) is 26.3 Å². The standard InChI is InChI=1S/C14H12N6S/c1-7-8(2)21-14-11(7)13-18-12(10-6-15-4-5-16-10)19-20(13)9(3)17-14/h4-6H,1-3H3. The highest BCUT2D eigenvalue weighted by atomic mass is 32.1. The first-order valence-electron chi connectivity index (χ1n) is 6.54. The molecule has 0 aliphatic carbocycles. The summed E-state index contributed by atoms with van der Waals surface area (Å²) in [6.07, 6.45) is 4.94. The highest BCUT2D eigenvalue weighted by molar-refractivity contribution is 7.18. The Labute approximate surface area is 124 Å². The molecule has 0 aliphatic heterocycles. The SMILES string of the molecule is Cc1sc2nc(C)n3nc(-c4cnccn4)nc3c2c1C. The minimum Gasteiger partial charge on any atom is -0.261 e. The van der Waals surface area contributed by atoms with Crippen LogP contribution >= 0.6 is 11.3 Å². The Bertz CT molecular complexity index is 970. The van der Waals surface area contributed by atoms with Crippen LogP contribution in [-0.2, 0) is 0 Å². The van der Waals surface area contributed by atoms with Crippen LogP contribution in [0.5, 0.6) is 0 Å². The maximum atomic E-state index is 4.66. The third kappa shape index (κ3) is 1.74. The lowest BCUT2D eigenvalue weighted by Gasteiger charge is -1.98. The number of hydrogen-bond acceptors (Lipinski definition) is 6. The summed E-state index contributed by atoms with van der Waals surface area (Å²) in [4.78, 5) is 19.9. The van der Waals surface area contributed by atoms with Crippen LogP contribution in [0, 0.1) is 20.8 Å². The normalized spacial score (nSPS) is 11.6. The summed E-state index contributed by atoms with van der Waals surface area (Å²) in [6, 6.07) is 0. The second-order valence-corrected chi connectivity index (χ2v) is 6.09. The van der Waals surface area contributed by atoms with E-state index in [0.29, 0.717) is 11.5 Å². The van der Waals surface area contributed by atoms with Gasteiger partial charge < -0.3 is 0 Å². The summed E-state index contributed by atoms with van der Waals surface area (Å²) in [6.45, 7) is 6.14. The van der Waals surface area contributed by atoms with E-state index < -0.39 is 0 Å². The lowest BCUT2D eigenvalue weighted by molar-refractivity contribution is 0.879. The van der Waals surface area contributed by atoms with Gasteiger partial charge in [0.15, 0.2) is 5.65 Å². The van der Waals surface area contributed by atoms with E-state index in [4.69, 9.17) is 0 Å². The minimum atomic E-state index is 0.573. The molecule has 0 spiro atoms. The summed E-state index contributed by atoms with van der Waals surface area (Å²) in [7, 11) is 0. The first-order chi connectivity index (χ1) is 10.1. The molecule has 0 bridgehead atoms. The van der Waals surface area contributed by atoms with Crippen LogP contribution in [0.25, 0.3) is 27.4 Å². The molecule has 0 saturated carbocycles. The van der Waals surface area contributed by atoms with Gasteiger partial charge >= 0.3 is 0 Å². The summed E-state index contributed by atoms with van der Waals surface area (Å²) in [5.41, 5.74) is 2.71. The van der Waals surface area contributed by atoms with E-state index in [1.54, 1.807) is 34.4 Å². The highest BCUT2D eigenvalue weighted by Crippen LogP contribution is 2.32. The average Bonchev–Trinajstić information content (AvgIpc) is 3.03. The van der Waals surface area contributed by atoms with Gasteiger partial charge in [0, 0.05) is 17.3 Å². The quantitative estimate of drug-likeness (QED) is 0.540. The smallest absolute Gasteiger partial charge is 0.202 e. The van der Waals surface area contributed by atoms with Crippen molar-refractivity contribution < 1.29 is 0 Å². The van der Waals surface area contributed by atoms with Crippen LogP contribution in [0.3, 0.4) is 0 Å². The van der Waals surface area contributed by atoms with Crippen LogP contribution < -0.4 is 0 Å². The molecule has 6 nitrogen and oxygen atoms in total. The monoisotopic (exact) mass is 296 g/mol. The van der Waals surface area contributed by atoms with Crippen molar-refractivity contribution in [2.45, 2.75) is 20.8 Å². The van der Waals surface area contributed by atoms with Crippen LogP contribution in [0.15, 0.2) is 18.6 Å². The zero-order valence-corrected chi connectivity index (χ0v) is 12.6. The third-order valence-corrected chi connectivity index (χ3v) is 4.66. The predicted octanol–water partition coefficient (Wildman–Crippen LogP) is 2.72. The maximum Gasteiger partial charge on any atom is 0.202 e. The summed E-state index contributed by atoms with van der Waals surface area (Å²) in [5, 5.41) is 5.60. The van der Waals surface area contributed by atoms with Gasteiger partial charge in [-0.1, -0.05) is 0 Å². The Morgan fingerprint density at radius 1 is 1.10 bits per heavy atom. The van der Waals surface area contributed by atoms with Gasteiger partial charge in [-0.3, -0.25) is 4.98 Å². The predicted molar refractivity (Wildman–Crippen MR) is 81.4 cm³/mol. The minimum absolute atomic E-state index is 0.573. The van der Waals surface area contributed by atoms with Gasteiger partial charge in [-0.25, -0.2) is 15.0 Å². The molecule has 21 heavy (non-hydrogen) atoms. The molecule has 0 aromatic carbocycles. The molecule has 0 unspecified atom stereocenters. The van der Waals surface area contributed by atoms with Crippen LogP contribution in [0.4, 0.5) is 0 Å². The highest BCUT2D eigenvalue weighted by Gasteiger charge is 2.17. The van der Waals surface area contributed by atoms with Gasteiger partial charge in [0.2, 0.25) is 5.82 Å². The Balaban J connectivity index is 2.11. The molecule has 0 aliphatic rings. The van der Waals surface area contributed by atoms with Gasteiger partial charge in [-0.15, -0.1) is 16.4 Å². The number of thiophene rings is 1. The Hall–Kier alpha value is -2.41. The molecule has 0 amide bonds. The first kappa shape index (κ1) is 12.3. The molecular formula is C14H12N6S. The van der Waals surface area contributed by atoms with Crippen molar-refractivity contribution in [2.75, 3.05) is 0 Å². The van der Waals surface area contributed by atoms with Crippen LogP contribution in [0.1, 0.15) is 16.3 Å². The first-order valence-corrected chi connectivity index (χ1v) is 7.36. The Kier molecular flexibility index (Phi) is 2.52. The van der Waals surface area contributed by atoms with E-state index in [0.717, 1.165) is 21.7 Å². The number of fused-ring (bicyclic) bond motifs is 3. The third-order valence-electron chi connectivity index (χ3n) is 3.56. The molecule has 4 aromatic heterocycles. The molecule has 4 rings (SSSR count). The average molecular weight is 296 g/mol. The molecule has 104 valence electrons. The molecule has 0 saturated heterocycles. The molecule has 0 fully saturated rings. The van der Waals surface area contributed by atoms with Gasteiger partial charge in [-0.2, -0.15) is 4.52 Å². The number of rotatable bonds is 1. The summed E-state index contributed by atoms with van der Waals surface area (Å²) < 4.78 is 1.78. The van der Waals surface area contributed by atoms with Crippen molar-refractivity contribution in [3.63, 3.8) is 0 Å². The Morgan fingerprint density at radius 2 is 1.95 bits per heavy atom. The second kappa shape index (κ2) is 4.29. The molecule has 7 heteroatoms. The van der Waals surface area contributed by atoms with Crippen molar-refractivity contribution in [2.24, 2.45) is 0 Å². The van der Waals surface area contributed by atoms with Gasteiger partial charge in [0.25, 0.3) is 0 Å². The fourth-order valence-electron chi connectivity index (χ4n) is 2.37. The number of hydrogen-bond donors (Lipinski definition) is 0. The largest absolute Gasteiger partial charge is 0.261 e. The summed E-state index contributed by atoms with van der Waals surface area (Å²) >= 11 is 1.69. The zero-order valence-electron chi connectivity index (χ0n) is 11.8. The van der Waals surface area contributed by atoms with E-state index >= 15 is 0 Å². The van der Waals surface area contributed by atoms with Crippen molar-refractivity contribution in [3.8, 4) is 11.5 Å². The van der Waals surface area contributed by atoms with Crippen molar-refractivity contribution in [1.82, 2.24) is 29.5 Å². The Morgan fingerprint density at radius 3 is 2.71 bits per heavy atom. The summed E-state index contributed by atoms with van der Waals surface area (Å²) in [5.74, 6) is 1.39. The fourth-order valence-corrected chi connectivity index (χ4v) is 3.44. The van der Waals surface area contributed by atoms with Crippen LogP contribution in [-0.4, -0.2) is 29.5 Å².